The Kier molecular flexibility index (Phi) is 2.06. The lowest BCUT2D eigenvalue weighted by atomic mass is 9.86. The van der Waals surface area contributed by atoms with Gasteiger partial charge in [0.15, 0.2) is 0 Å². The number of benzene rings is 1. The molecule has 80 valence electrons. The van der Waals surface area contributed by atoms with Gasteiger partial charge in [0.2, 0.25) is 0 Å². The Morgan fingerprint density at radius 1 is 1.40 bits per heavy atom. The summed E-state index contributed by atoms with van der Waals surface area (Å²) < 4.78 is 11.2. The van der Waals surface area contributed by atoms with Crippen molar-refractivity contribution >= 4 is 0 Å². The fourth-order valence-electron chi connectivity index (χ4n) is 2.64. The first-order valence-electron chi connectivity index (χ1n) is 5.40. The van der Waals surface area contributed by atoms with E-state index in [-0.39, 0.29) is 0 Å². The summed E-state index contributed by atoms with van der Waals surface area (Å²) in [6.45, 7) is 2.93. The molecule has 2 aliphatic rings. The lowest BCUT2D eigenvalue weighted by molar-refractivity contribution is 0.215. The van der Waals surface area contributed by atoms with Crippen LogP contribution in [0.1, 0.15) is 11.5 Å². The van der Waals surface area contributed by atoms with Crippen LogP contribution in [0.25, 0.3) is 0 Å². The average molecular weight is 205 g/mol. The molecule has 0 radical (unpaired) electrons. The van der Waals surface area contributed by atoms with Crippen molar-refractivity contribution in [2.75, 3.05) is 26.8 Å². The van der Waals surface area contributed by atoms with E-state index in [1.807, 2.05) is 18.2 Å². The number of fused-ring (bicyclic) bond motifs is 3. The van der Waals surface area contributed by atoms with Gasteiger partial charge < -0.3 is 14.8 Å². The van der Waals surface area contributed by atoms with E-state index in [0.29, 0.717) is 11.8 Å². The van der Waals surface area contributed by atoms with Gasteiger partial charge in [-0.2, -0.15) is 0 Å². The maximum absolute atomic E-state index is 5.76. The molecule has 0 bridgehead atoms. The lowest BCUT2D eigenvalue weighted by Gasteiger charge is -2.29. The molecule has 2 heterocycles. The van der Waals surface area contributed by atoms with E-state index in [0.717, 1.165) is 31.2 Å². The average Bonchev–Trinajstić information content (AvgIpc) is 2.76. The predicted molar refractivity (Wildman–Crippen MR) is 57.6 cm³/mol. The van der Waals surface area contributed by atoms with Crippen LogP contribution in [-0.4, -0.2) is 26.8 Å². The minimum absolute atomic E-state index is 0.560. The minimum Gasteiger partial charge on any atom is -0.496 e. The second-order valence-electron chi connectivity index (χ2n) is 4.21. The molecule has 0 saturated carbocycles. The second kappa shape index (κ2) is 3.42. The van der Waals surface area contributed by atoms with E-state index in [4.69, 9.17) is 9.47 Å². The van der Waals surface area contributed by atoms with Gasteiger partial charge >= 0.3 is 0 Å². The molecule has 3 rings (SSSR count). The maximum Gasteiger partial charge on any atom is 0.126 e. The molecule has 2 unspecified atom stereocenters. The second-order valence-corrected chi connectivity index (χ2v) is 4.21. The SMILES string of the molecule is COc1cccc2c1C1CNCC1CO2. The molecule has 1 N–H and O–H groups in total. The number of hydrogen-bond acceptors (Lipinski definition) is 3. The summed E-state index contributed by atoms with van der Waals surface area (Å²) in [4.78, 5) is 0. The Hall–Kier alpha value is -1.22. The quantitative estimate of drug-likeness (QED) is 0.751. The molecule has 1 aromatic rings. The zero-order valence-corrected chi connectivity index (χ0v) is 8.82. The van der Waals surface area contributed by atoms with Gasteiger partial charge in [-0.25, -0.2) is 0 Å². The van der Waals surface area contributed by atoms with Crippen molar-refractivity contribution in [2.24, 2.45) is 5.92 Å². The normalized spacial score (nSPS) is 27.8. The van der Waals surface area contributed by atoms with Gasteiger partial charge in [0.1, 0.15) is 11.5 Å². The van der Waals surface area contributed by atoms with E-state index in [1.165, 1.54) is 5.56 Å². The van der Waals surface area contributed by atoms with Crippen molar-refractivity contribution in [1.82, 2.24) is 5.32 Å². The van der Waals surface area contributed by atoms with Crippen molar-refractivity contribution in [2.45, 2.75) is 5.92 Å². The first-order chi connectivity index (χ1) is 7.40. The van der Waals surface area contributed by atoms with Gasteiger partial charge in [-0.1, -0.05) is 6.07 Å². The molecular formula is C12H15NO2. The number of hydrogen-bond donors (Lipinski definition) is 1. The highest BCUT2D eigenvalue weighted by Gasteiger charge is 2.36. The van der Waals surface area contributed by atoms with Gasteiger partial charge in [-0.05, 0) is 12.1 Å². The van der Waals surface area contributed by atoms with Gasteiger partial charge in [-0.3, -0.25) is 0 Å². The van der Waals surface area contributed by atoms with Gasteiger partial charge in [-0.15, -0.1) is 0 Å². The smallest absolute Gasteiger partial charge is 0.126 e. The molecular weight excluding hydrogens is 190 g/mol. The largest absolute Gasteiger partial charge is 0.496 e. The first kappa shape index (κ1) is 9.04. The van der Waals surface area contributed by atoms with Crippen LogP contribution >= 0.6 is 0 Å². The Balaban J connectivity index is 2.10. The van der Waals surface area contributed by atoms with Gasteiger partial charge in [0.25, 0.3) is 0 Å². The Bertz CT molecular complexity index is 364. The van der Waals surface area contributed by atoms with Crippen LogP contribution in [0.15, 0.2) is 18.2 Å². The van der Waals surface area contributed by atoms with Gasteiger partial charge in [0, 0.05) is 30.5 Å². The van der Waals surface area contributed by atoms with Crippen LogP contribution in [-0.2, 0) is 0 Å². The molecule has 3 nitrogen and oxygen atoms in total. The summed E-state index contributed by atoms with van der Waals surface area (Å²) in [6, 6.07) is 6.04. The monoisotopic (exact) mass is 205 g/mol. The van der Waals surface area contributed by atoms with E-state index in [9.17, 15) is 0 Å². The predicted octanol–water partition coefficient (Wildman–Crippen LogP) is 1.39. The molecule has 3 heteroatoms. The molecule has 2 atom stereocenters. The van der Waals surface area contributed by atoms with E-state index in [1.54, 1.807) is 7.11 Å². The summed E-state index contributed by atoms with van der Waals surface area (Å²) >= 11 is 0. The number of rotatable bonds is 1. The highest BCUT2D eigenvalue weighted by atomic mass is 16.5. The third-order valence-electron chi connectivity index (χ3n) is 3.41. The van der Waals surface area contributed by atoms with E-state index >= 15 is 0 Å². The Morgan fingerprint density at radius 3 is 3.20 bits per heavy atom. The summed E-state index contributed by atoms with van der Waals surface area (Å²) in [6.07, 6.45) is 0. The Labute approximate surface area is 89.4 Å². The zero-order chi connectivity index (χ0) is 10.3. The fourth-order valence-corrected chi connectivity index (χ4v) is 2.64. The minimum atomic E-state index is 0.560. The van der Waals surface area contributed by atoms with Crippen molar-refractivity contribution in [1.29, 1.82) is 0 Å². The third-order valence-corrected chi connectivity index (χ3v) is 3.41. The van der Waals surface area contributed by atoms with Crippen LogP contribution in [0.5, 0.6) is 11.5 Å². The third kappa shape index (κ3) is 1.30. The van der Waals surface area contributed by atoms with Crippen LogP contribution in [0.4, 0.5) is 0 Å². The standard InChI is InChI=1S/C12H15NO2/c1-14-10-3-2-4-11-12(10)9-6-13-5-8(9)7-15-11/h2-4,8-9,13H,5-7H2,1H3. The maximum atomic E-state index is 5.76. The molecule has 0 spiro atoms. The molecule has 0 amide bonds. The van der Waals surface area contributed by atoms with E-state index < -0.39 is 0 Å². The summed E-state index contributed by atoms with van der Waals surface area (Å²) in [5, 5.41) is 3.42. The number of ether oxygens (including phenoxy) is 2. The Morgan fingerprint density at radius 2 is 2.33 bits per heavy atom. The number of nitrogens with one attached hydrogen (secondary N) is 1. The summed E-state index contributed by atoms with van der Waals surface area (Å²) in [5.41, 5.74) is 1.25. The molecule has 0 aliphatic carbocycles. The molecule has 15 heavy (non-hydrogen) atoms. The van der Waals surface area contributed by atoms with Crippen molar-refractivity contribution in [3.05, 3.63) is 23.8 Å². The van der Waals surface area contributed by atoms with Crippen molar-refractivity contribution < 1.29 is 9.47 Å². The van der Waals surface area contributed by atoms with Crippen LogP contribution in [0.2, 0.25) is 0 Å². The van der Waals surface area contributed by atoms with Crippen LogP contribution in [0.3, 0.4) is 0 Å². The first-order valence-corrected chi connectivity index (χ1v) is 5.40. The topological polar surface area (TPSA) is 30.5 Å². The fraction of sp³-hybridized carbons (Fsp3) is 0.500. The summed E-state index contributed by atoms with van der Waals surface area (Å²) in [5.74, 6) is 3.13. The number of methoxy groups -OCH3 is 1. The van der Waals surface area contributed by atoms with Crippen molar-refractivity contribution in [3.8, 4) is 11.5 Å². The lowest BCUT2D eigenvalue weighted by Crippen LogP contribution is -2.25. The molecule has 1 saturated heterocycles. The summed E-state index contributed by atoms with van der Waals surface area (Å²) in [7, 11) is 1.72. The molecule has 1 fully saturated rings. The molecule has 0 aromatic heterocycles. The zero-order valence-electron chi connectivity index (χ0n) is 8.82. The molecule has 1 aromatic carbocycles. The van der Waals surface area contributed by atoms with Gasteiger partial charge in [0.05, 0.1) is 13.7 Å². The van der Waals surface area contributed by atoms with Crippen LogP contribution < -0.4 is 14.8 Å². The van der Waals surface area contributed by atoms with E-state index in [2.05, 4.69) is 5.32 Å². The highest BCUT2D eigenvalue weighted by Crippen LogP contribution is 2.43. The van der Waals surface area contributed by atoms with Crippen LogP contribution in [0, 0.1) is 5.92 Å². The molecule has 2 aliphatic heterocycles. The van der Waals surface area contributed by atoms with Crippen molar-refractivity contribution in [3.63, 3.8) is 0 Å². The highest BCUT2D eigenvalue weighted by molar-refractivity contribution is 5.49.